The Kier molecular flexibility index (Phi) is 7.04. The summed E-state index contributed by atoms with van der Waals surface area (Å²) < 4.78 is 2.50. The third-order valence-corrected chi connectivity index (χ3v) is 12.2. The van der Waals surface area contributed by atoms with Gasteiger partial charge in [0.15, 0.2) is 0 Å². The number of allylic oxidation sites excluding steroid dienone is 6. The minimum atomic E-state index is -0.00182. The molecule has 0 saturated carbocycles. The van der Waals surface area contributed by atoms with E-state index in [1.807, 2.05) is 12.2 Å². The van der Waals surface area contributed by atoms with Crippen LogP contribution in [0, 0.1) is 12.8 Å². The molecule has 2 nitrogen and oxygen atoms in total. The van der Waals surface area contributed by atoms with E-state index in [0.29, 0.717) is 5.92 Å². The van der Waals surface area contributed by atoms with Crippen LogP contribution in [0.2, 0.25) is 0 Å². The van der Waals surface area contributed by atoms with E-state index in [1.54, 1.807) is 5.57 Å². The normalized spacial score (nSPS) is 16.7. The van der Waals surface area contributed by atoms with Crippen LogP contribution in [0.4, 0.5) is 0 Å². The van der Waals surface area contributed by atoms with Gasteiger partial charge in [-0.2, -0.15) is 0 Å². The van der Waals surface area contributed by atoms with Crippen LogP contribution in [-0.2, 0) is 11.8 Å². The number of rotatable bonds is 5. The molecule has 0 spiro atoms. The Labute approximate surface area is 312 Å². The lowest BCUT2D eigenvalue weighted by molar-refractivity contribution is 0.566. The van der Waals surface area contributed by atoms with E-state index in [-0.39, 0.29) is 5.41 Å². The first-order chi connectivity index (χ1) is 25.8. The molecule has 2 heteroatoms. The Hall–Kier alpha value is -5.99. The molecule has 2 heterocycles. The number of fused-ring (bicyclic) bond motifs is 8. The van der Waals surface area contributed by atoms with Gasteiger partial charge in [-0.25, -0.2) is 4.98 Å². The second-order valence-corrected chi connectivity index (χ2v) is 15.7. The van der Waals surface area contributed by atoms with Crippen molar-refractivity contribution in [1.29, 1.82) is 0 Å². The highest BCUT2D eigenvalue weighted by atomic mass is 15.0. The molecular weight excluding hydrogens is 641 g/mol. The molecule has 1 atom stereocenters. The summed E-state index contributed by atoms with van der Waals surface area (Å²) in [6.45, 7) is 13.3. The Morgan fingerprint density at radius 3 is 2.43 bits per heavy atom. The van der Waals surface area contributed by atoms with Gasteiger partial charge in [0.25, 0.3) is 0 Å². The van der Waals surface area contributed by atoms with Crippen molar-refractivity contribution >= 4 is 33.5 Å². The van der Waals surface area contributed by atoms with Crippen LogP contribution in [0.3, 0.4) is 0 Å². The summed E-state index contributed by atoms with van der Waals surface area (Å²) in [7, 11) is 0. The predicted octanol–water partition coefficient (Wildman–Crippen LogP) is 13.2. The van der Waals surface area contributed by atoms with E-state index in [0.717, 1.165) is 24.2 Å². The number of pyridine rings is 1. The molecule has 0 bridgehead atoms. The molecule has 5 aromatic carbocycles. The first kappa shape index (κ1) is 31.7. The highest BCUT2D eigenvalue weighted by molar-refractivity contribution is 6.11. The highest BCUT2D eigenvalue weighted by Gasteiger charge is 2.39. The summed E-state index contributed by atoms with van der Waals surface area (Å²) in [5, 5.41) is 2.62. The van der Waals surface area contributed by atoms with Crippen molar-refractivity contribution in [3.05, 3.63) is 179 Å². The number of aromatic nitrogens is 2. The molecule has 3 aliphatic rings. The van der Waals surface area contributed by atoms with E-state index in [1.165, 1.54) is 88.7 Å². The van der Waals surface area contributed by atoms with Gasteiger partial charge in [0, 0.05) is 27.4 Å². The largest absolute Gasteiger partial charge is 0.309 e. The maximum atomic E-state index is 5.26. The average molecular weight is 683 g/mol. The number of benzene rings is 5. The van der Waals surface area contributed by atoms with Gasteiger partial charge >= 0.3 is 0 Å². The molecule has 53 heavy (non-hydrogen) atoms. The SMILES string of the molecule is C=C/C=C\c1nc(-c2cccc3c2Cc2ccc(-n4c5ccccc5c5cc6c(cc54)C(C)(C)C4=C6C=CC(C)C4)cc2-3)cc(-c2ccccc2)c1C. The molecule has 0 N–H and O–H groups in total. The quantitative estimate of drug-likeness (QED) is 0.165. The van der Waals surface area contributed by atoms with Gasteiger partial charge in [-0.15, -0.1) is 0 Å². The minimum Gasteiger partial charge on any atom is -0.309 e. The molecule has 0 saturated heterocycles. The lowest BCUT2D eigenvalue weighted by atomic mass is 9.76. The van der Waals surface area contributed by atoms with Gasteiger partial charge in [-0.1, -0.05) is 130 Å². The molecule has 3 aliphatic carbocycles. The standard InChI is InChI=1S/C51H42N2/c1-6-7-19-47-32(3)40(33-14-9-8-10-15-33)29-48(52-47)38-18-13-17-36-41-27-35(23-22-34(41)26-42(36)38)53-49-20-12-11-16-39(49)44-28-43-37-24-21-31(2)25-45(37)51(4,5)46(43)30-50(44)53/h6-24,27-31H,1,25-26H2,2-5H3/b19-7-. The lowest BCUT2D eigenvalue weighted by Gasteiger charge is -2.27. The second kappa shape index (κ2) is 11.8. The van der Waals surface area contributed by atoms with Crippen LogP contribution >= 0.6 is 0 Å². The van der Waals surface area contributed by atoms with Gasteiger partial charge in [0.05, 0.1) is 22.4 Å². The topological polar surface area (TPSA) is 17.8 Å². The Balaban J connectivity index is 1.13. The van der Waals surface area contributed by atoms with Crippen molar-refractivity contribution in [2.75, 3.05) is 0 Å². The maximum Gasteiger partial charge on any atom is 0.0718 e. The van der Waals surface area contributed by atoms with Crippen molar-refractivity contribution in [3.63, 3.8) is 0 Å². The third kappa shape index (κ3) is 4.75. The summed E-state index contributed by atoms with van der Waals surface area (Å²) >= 11 is 0. The van der Waals surface area contributed by atoms with Gasteiger partial charge in [-0.3, -0.25) is 0 Å². The van der Waals surface area contributed by atoms with E-state index in [4.69, 9.17) is 4.98 Å². The number of hydrogen-bond acceptors (Lipinski definition) is 1. The molecule has 10 rings (SSSR count). The third-order valence-electron chi connectivity index (χ3n) is 12.2. The minimum absolute atomic E-state index is 0.00182. The van der Waals surface area contributed by atoms with E-state index in [9.17, 15) is 0 Å². The van der Waals surface area contributed by atoms with Crippen molar-refractivity contribution in [1.82, 2.24) is 9.55 Å². The zero-order valence-corrected chi connectivity index (χ0v) is 30.9. The fourth-order valence-electron chi connectivity index (χ4n) is 9.48. The maximum absolute atomic E-state index is 5.26. The summed E-state index contributed by atoms with van der Waals surface area (Å²) in [6.07, 6.45) is 12.7. The van der Waals surface area contributed by atoms with Crippen LogP contribution in [0.1, 0.15) is 60.7 Å². The van der Waals surface area contributed by atoms with Crippen molar-refractivity contribution in [3.8, 4) is 39.2 Å². The Bertz CT molecular complexity index is 2780. The second-order valence-electron chi connectivity index (χ2n) is 15.7. The first-order valence-electron chi connectivity index (χ1n) is 18.9. The number of hydrogen-bond donors (Lipinski definition) is 0. The predicted molar refractivity (Wildman–Crippen MR) is 225 cm³/mol. The molecule has 1 unspecified atom stereocenters. The summed E-state index contributed by atoms with van der Waals surface area (Å²) in [6, 6.07) is 40.7. The molecule has 0 aliphatic heterocycles. The monoisotopic (exact) mass is 682 g/mol. The molecular formula is C51H42N2. The lowest BCUT2D eigenvalue weighted by Crippen LogP contribution is -2.19. The van der Waals surface area contributed by atoms with Crippen LogP contribution in [-0.4, -0.2) is 9.55 Å². The molecule has 0 amide bonds. The van der Waals surface area contributed by atoms with E-state index < -0.39 is 0 Å². The van der Waals surface area contributed by atoms with Crippen molar-refractivity contribution in [2.45, 2.75) is 46.0 Å². The summed E-state index contributed by atoms with van der Waals surface area (Å²) in [5.41, 5.74) is 21.6. The van der Waals surface area contributed by atoms with Gasteiger partial charge in [0.1, 0.15) is 0 Å². The van der Waals surface area contributed by atoms with E-state index in [2.05, 4.69) is 166 Å². The zero-order valence-electron chi connectivity index (χ0n) is 30.9. The molecule has 0 radical (unpaired) electrons. The summed E-state index contributed by atoms with van der Waals surface area (Å²) in [4.78, 5) is 5.26. The van der Waals surface area contributed by atoms with Crippen molar-refractivity contribution < 1.29 is 0 Å². The molecule has 256 valence electrons. The molecule has 7 aromatic rings. The van der Waals surface area contributed by atoms with Crippen LogP contribution < -0.4 is 0 Å². The number of para-hydroxylation sites is 1. The molecule has 2 aromatic heterocycles. The first-order valence-corrected chi connectivity index (χ1v) is 18.9. The highest BCUT2D eigenvalue weighted by Crippen LogP contribution is 2.53. The van der Waals surface area contributed by atoms with E-state index >= 15 is 0 Å². The van der Waals surface area contributed by atoms with Crippen LogP contribution in [0.25, 0.3) is 72.7 Å². The van der Waals surface area contributed by atoms with Crippen LogP contribution in [0.5, 0.6) is 0 Å². The van der Waals surface area contributed by atoms with Crippen LogP contribution in [0.15, 0.2) is 146 Å². The van der Waals surface area contributed by atoms with Gasteiger partial charge in [-0.05, 0) is 124 Å². The zero-order chi connectivity index (χ0) is 36.0. The fourth-order valence-corrected chi connectivity index (χ4v) is 9.48. The number of nitrogens with zero attached hydrogens (tertiary/aromatic N) is 2. The van der Waals surface area contributed by atoms with Gasteiger partial charge in [0.2, 0.25) is 0 Å². The Morgan fingerprint density at radius 2 is 1.58 bits per heavy atom. The smallest absolute Gasteiger partial charge is 0.0718 e. The van der Waals surface area contributed by atoms with Gasteiger partial charge < -0.3 is 4.57 Å². The average Bonchev–Trinajstić information content (AvgIpc) is 3.79. The Morgan fingerprint density at radius 1 is 0.774 bits per heavy atom. The molecule has 0 fully saturated rings. The fraction of sp³-hybridized carbons (Fsp3) is 0.157. The summed E-state index contributed by atoms with van der Waals surface area (Å²) in [5.74, 6) is 0.574. The van der Waals surface area contributed by atoms with Crippen molar-refractivity contribution in [2.24, 2.45) is 5.92 Å².